The van der Waals surface area contributed by atoms with Crippen LogP contribution in [0.2, 0.25) is 4.34 Å². The summed E-state index contributed by atoms with van der Waals surface area (Å²) in [5, 5.41) is 8.66. The Labute approximate surface area is 98.3 Å². The van der Waals surface area contributed by atoms with E-state index in [1.165, 1.54) is 11.3 Å². The van der Waals surface area contributed by atoms with Crippen molar-refractivity contribution >= 4 is 28.9 Å². The van der Waals surface area contributed by atoms with Gasteiger partial charge in [-0.3, -0.25) is 9.69 Å². The summed E-state index contributed by atoms with van der Waals surface area (Å²) in [4.78, 5) is 13.7. The van der Waals surface area contributed by atoms with Crippen LogP contribution >= 0.6 is 22.9 Å². The zero-order valence-corrected chi connectivity index (χ0v) is 10.3. The molecule has 0 aliphatic heterocycles. The first-order valence-corrected chi connectivity index (χ1v) is 5.84. The first kappa shape index (κ1) is 12.5. The molecule has 15 heavy (non-hydrogen) atoms. The van der Waals surface area contributed by atoms with Gasteiger partial charge < -0.3 is 5.11 Å². The lowest BCUT2D eigenvalue weighted by atomic mass is 10.2. The zero-order chi connectivity index (χ0) is 11.4. The molecule has 1 rings (SSSR count). The third-order valence-electron chi connectivity index (χ3n) is 2.26. The summed E-state index contributed by atoms with van der Waals surface area (Å²) in [6.45, 7) is 2.65. The Balaban J connectivity index is 2.47. The summed E-state index contributed by atoms with van der Waals surface area (Å²) in [6, 6.07) is 3.86. The molecule has 0 fully saturated rings. The lowest BCUT2D eigenvalue weighted by Gasteiger charge is -2.22. The van der Waals surface area contributed by atoms with Gasteiger partial charge in [0.15, 0.2) is 0 Å². The van der Waals surface area contributed by atoms with E-state index >= 15 is 0 Å². The molecule has 1 N–H and O–H groups in total. The molecule has 0 saturated heterocycles. The van der Waals surface area contributed by atoms with Crippen LogP contribution in [0.5, 0.6) is 0 Å². The van der Waals surface area contributed by atoms with E-state index in [2.05, 4.69) is 0 Å². The van der Waals surface area contributed by atoms with E-state index in [0.717, 1.165) is 15.8 Å². The number of halogens is 1. The van der Waals surface area contributed by atoms with Gasteiger partial charge in [0, 0.05) is 17.5 Å². The molecular formula is C10H14ClNO2S. The normalized spacial score (nSPS) is 13.1. The van der Waals surface area contributed by atoms with Crippen molar-refractivity contribution in [3.8, 4) is 0 Å². The molecule has 1 atom stereocenters. The van der Waals surface area contributed by atoms with Crippen molar-refractivity contribution in [2.75, 3.05) is 7.05 Å². The van der Waals surface area contributed by atoms with Crippen LogP contribution in [0.4, 0.5) is 0 Å². The number of carbonyl (C=O) groups is 1. The fourth-order valence-corrected chi connectivity index (χ4v) is 2.40. The van der Waals surface area contributed by atoms with Crippen LogP contribution in [-0.2, 0) is 11.3 Å². The van der Waals surface area contributed by atoms with Gasteiger partial charge in [-0.1, -0.05) is 11.6 Å². The van der Waals surface area contributed by atoms with Crippen molar-refractivity contribution in [2.45, 2.75) is 25.9 Å². The summed E-state index contributed by atoms with van der Waals surface area (Å²) in [5.41, 5.74) is 0. The second-order valence-electron chi connectivity index (χ2n) is 3.57. The first-order valence-electron chi connectivity index (χ1n) is 4.65. The number of nitrogens with zero attached hydrogens (tertiary/aromatic N) is 1. The van der Waals surface area contributed by atoms with Crippen molar-refractivity contribution < 1.29 is 9.90 Å². The lowest BCUT2D eigenvalue weighted by molar-refractivity contribution is -0.138. The molecule has 0 bridgehead atoms. The SMILES string of the molecule is CC(CC(=O)O)N(C)Cc1ccc(Cl)s1. The molecular weight excluding hydrogens is 234 g/mol. The number of carboxylic acids is 1. The molecule has 3 nitrogen and oxygen atoms in total. The highest BCUT2D eigenvalue weighted by Gasteiger charge is 2.13. The van der Waals surface area contributed by atoms with E-state index in [1.54, 1.807) is 0 Å². The van der Waals surface area contributed by atoms with Crippen molar-refractivity contribution in [2.24, 2.45) is 0 Å². The van der Waals surface area contributed by atoms with Crippen LogP contribution in [0.1, 0.15) is 18.2 Å². The highest BCUT2D eigenvalue weighted by Crippen LogP contribution is 2.23. The zero-order valence-electron chi connectivity index (χ0n) is 8.74. The summed E-state index contributed by atoms with van der Waals surface area (Å²) in [6.07, 6.45) is 0.162. The smallest absolute Gasteiger partial charge is 0.304 e. The average Bonchev–Trinajstić information content (AvgIpc) is 2.50. The number of hydrogen-bond donors (Lipinski definition) is 1. The molecule has 84 valence electrons. The number of hydrogen-bond acceptors (Lipinski definition) is 3. The second-order valence-corrected chi connectivity index (χ2v) is 5.37. The largest absolute Gasteiger partial charge is 0.481 e. The third kappa shape index (κ3) is 4.20. The average molecular weight is 248 g/mol. The van der Waals surface area contributed by atoms with Gasteiger partial charge >= 0.3 is 5.97 Å². The minimum absolute atomic E-state index is 0.0309. The third-order valence-corrected chi connectivity index (χ3v) is 3.47. The van der Waals surface area contributed by atoms with Crippen LogP contribution in [0.15, 0.2) is 12.1 Å². The number of carboxylic acid groups (broad SMARTS) is 1. The van der Waals surface area contributed by atoms with Gasteiger partial charge in [0.05, 0.1) is 10.8 Å². The molecule has 0 spiro atoms. The number of rotatable bonds is 5. The minimum atomic E-state index is -0.765. The molecule has 0 radical (unpaired) electrons. The predicted octanol–water partition coefficient (Wildman–Crippen LogP) is 2.70. The maximum absolute atomic E-state index is 10.5. The maximum Gasteiger partial charge on any atom is 0.304 e. The Hall–Kier alpha value is -0.580. The summed E-state index contributed by atoms with van der Waals surface area (Å²) in [5.74, 6) is -0.765. The summed E-state index contributed by atoms with van der Waals surface area (Å²) >= 11 is 7.34. The Morgan fingerprint density at radius 2 is 2.33 bits per heavy atom. The van der Waals surface area contributed by atoms with Crippen LogP contribution in [0, 0.1) is 0 Å². The van der Waals surface area contributed by atoms with Gasteiger partial charge in [0.25, 0.3) is 0 Å². The first-order chi connectivity index (χ1) is 6.99. The van der Waals surface area contributed by atoms with Crippen LogP contribution in [0.3, 0.4) is 0 Å². The highest BCUT2D eigenvalue weighted by atomic mass is 35.5. The molecule has 0 saturated carbocycles. The molecule has 1 unspecified atom stereocenters. The molecule has 0 aromatic carbocycles. The van der Waals surface area contributed by atoms with E-state index in [-0.39, 0.29) is 12.5 Å². The fraction of sp³-hybridized carbons (Fsp3) is 0.500. The van der Waals surface area contributed by atoms with Crippen molar-refractivity contribution in [3.05, 3.63) is 21.3 Å². The topological polar surface area (TPSA) is 40.5 Å². The van der Waals surface area contributed by atoms with Gasteiger partial charge in [-0.15, -0.1) is 11.3 Å². The monoisotopic (exact) mass is 247 g/mol. The van der Waals surface area contributed by atoms with E-state index in [4.69, 9.17) is 16.7 Å². The predicted molar refractivity (Wildman–Crippen MR) is 62.5 cm³/mol. The van der Waals surface area contributed by atoms with Gasteiger partial charge in [0.2, 0.25) is 0 Å². The van der Waals surface area contributed by atoms with Gasteiger partial charge in [-0.05, 0) is 26.1 Å². The molecule has 5 heteroatoms. The maximum atomic E-state index is 10.5. The molecule has 0 aliphatic carbocycles. The Morgan fingerprint density at radius 1 is 1.67 bits per heavy atom. The fourth-order valence-electron chi connectivity index (χ4n) is 1.25. The Bertz CT molecular complexity index is 340. The molecule has 0 amide bonds. The van der Waals surface area contributed by atoms with E-state index < -0.39 is 5.97 Å². The van der Waals surface area contributed by atoms with Crippen LogP contribution in [0.25, 0.3) is 0 Å². The van der Waals surface area contributed by atoms with Crippen LogP contribution < -0.4 is 0 Å². The van der Waals surface area contributed by atoms with Crippen molar-refractivity contribution in [3.63, 3.8) is 0 Å². The molecule has 1 aromatic heterocycles. The van der Waals surface area contributed by atoms with Crippen LogP contribution in [-0.4, -0.2) is 29.1 Å². The molecule has 0 aliphatic rings. The molecule has 1 heterocycles. The Kier molecular flexibility index (Phi) is 4.57. The van der Waals surface area contributed by atoms with Gasteiger partial charge in [-0.25, -0.2) is 0 Å². The number of aliphatic carboxylic acids is 1. The second kappa shape index (κ2) is 5.49. The van der Waals surface area contributed by atoms with E-state index in [0.29, 0.717) is 0 Å². The van der Waals surface area contributed by atoms with Gasteiger partial charge in [-0.2, -0.15) is 0 Å². The van der Waals surface area contributed by atoms with Crippen molar-refractivity contribution in [1.29, 1.82) is 0 Å². The summed E-state index contributed by atoms with van der Waals surface area (Å²) < 4.78 is 0.768. The van der Waals surface area contributed by atoms with E-state index in [9.17, 15) is 4.79 Å². The molecule has 1 aromatic rings. The minimum Gasteiger partial charge on any atom is -0.481 e. The standard InChI is InChI=1S/C10H14ClNO2S/c1-7(5-10(13)14)12(2)6-8-3-4-9(11)15-8/h3-4,7H,5-6H2,1-2H3,(H,13,14). The number of thiophene rings is 1. The van der Waals surface area contributed by atoms with E-state index in [1.807, 2.05) is 31.0 Å². The quantitative estimate of drug-likeness (QED) is 0.870. The van der Waals surface area contributed by atoms with Crippen molar-refractivity contribution in [1.82, 2.24) is 4.90 Å². The van der Waals surface area contributed by atoms with Gasteiger partial charge in [0.1, 0.15) is 0 Å². The summed E-state index contributed by atoms with van der Waals surface area (Å²) in [7, 11) is 1.92. The Morgan fingerprint density at radius 3 is 2.80 bits per heavy atom. The lowest BCUT2D eigenvalue weighted by Crippen LogP contribution is -2.30. The highest BCUT2D eigenvalue weighted by molar-refractivity contribution is 7.16.